The summed E-state index contributed by atoms with van der Waals surface area (Å²) in [6.07, 6.45) is -7.48. The number of alkyl halides is 9. The van der Waals surface area contributed by atoms with Crippen LogP contribution in [0.2, 0.25) is 0 Å². The first-order chi connectivity index (χ1) is 25.3. The van der Waals surface area contributed by atoms with Crippen molar-refractivity contribution in [3.8, 4) is 5.75 Å². The van der Waals surface area contributed by atoms with Crippen LogP contribution < -0.4 is 4.74 Å². The van der Waals surface area contributed by atoms with Gasteiger partial charge in [-0.25, -0.2) is 3.63 Å². The van der Waals surface area contributed by atoms with Gasteiger partial charge < -0.3 is 4.74 Å². The Morgan fingerprint density at radius 1 is 0.537 bits per heavy atom. The van der Waals surface area contributed by atoms with Crippen molar-refractivity contribution < 1.29 is 61.1 Å². The van der Waals surface area contributed by atoms with Crippen LogP contribution in [0, 0.1) is 0 Å². The number of esters is 1. The van der Waals surface area contributed by atoms with Crippen molar-refractivity contribution in [1.29, 1.82) is 0 Å². The van der Waals surface area contributed by atoms with Gasteiger partial charge in [0.25, 0.3) is 0 Å². The monoisotopic (exact) mass is 796 g/mol. The van der Waals surface area contributed by atoms with E-state index < -0.39 is 49.7 Å². The van der Waals surface area contributed by atoms with Crippen LogP contribution in [0.3, 0.4) is 0 Å². The molecule has 6 aromatic carbocycles. The Morgan fingerprint density at radius 2 is 1.00 bits per heavy atom. The van der Waals surface area contributed by atoms with E-state index >= 15 is 8.78 Å². The maximum Gasteiger partial charge on any atom is 0.460 e. The summed E-state index contributed by atoms with van der Waals surface area (Å²) in [4.78, 5) is 12.4. The van der Waals surface area contributed by atoms with E-state index in [2.05, 4.69) is 0 Å². The Morgan fingerprint density at radius 3 is 1.54 bits per heavy atom. The highest BCUT2D eigenvalue weighted by Crippen LogP contribution is 2.71. The Hall–Kier alpha value is -5.06. The van der Waals surface area contributed by atoms with E-state index in [1.54, 1.807) is 6.07 Å². The highest BCUT2D eigenvalue weighted by atomic mass is 32.3. The van der Waals surface area contributed by atoms with Crippen molar-refractivity contribution in [2.75, 3.05) is 0 Å². The zero-order valence-corrected chi connectivity index (χ0v) is 28.9. The SMILES string of the molecule is O=C(Cc1cc2ccccc2c2ccccc12)Oc1ccc(S(OS(=O)(=O)C(F)(F)C(F)(F)C(F)(F)C(F)(F)F)(c2ccccc2)c2ccccc2)cc1. The second-order valence-corrected chi connectivity index (χ2v) is 16.3. The first kappa shape index (κ1) is 38.7. The van der Waals surface area contributed by atoms with E-state index in [0.29, 0.717) is 5.56 Å². The maximum absolute atomic E-state index is 15.2. The number of hydrogen-bond acceptors (Lipinski definition) is 5. The number of fused-ring (bicyclic) bond motifs is 3. The molecule has 54 heavy (non-hydrogen) atoms. The van der Waals surface area contributed by atoms with Crippen LogP contribution in [0.5, 0.6) is 5.75 Å². The number of halogens is 9. The summed E-state index contributed by atoms with van der Waals surface area (Å²) >= 11 is 0. The van der Waals surface area contributed by atoms with Gasteiger partial charge in [0.15, 0.2) is 0 Å². The summed E-state index contributed by atoms with van der Waals surface area (Å²) in [5, 5.41) is -3.61. The minimum absolute atomic E-state index is 0.132. The minimum Gasteiger partial charge on any atom is -0.426 e. The van der Waals surface area contributed by atoms with E-state index in [-0.39, 0.29) is 26.9 Å². The van der Waals surface area contributed by atoms with Gasteiger partial charge in [0.2, 0.25) is 0 Å². The molecule has 0 amide bonds. The van der Waals surface area contributed by atoms with Crippen molar-refractivity contribution in [1.82, 2.24) is 0 Å². The van der Waals surface area contributed by atoms with Crippen LogP contribution in [0.25, 0.3) is 21.5 Å². The predicted molar refractivity (Wildman–Crippen MR) is 183 cm³/mol. The summed E-state index contributed by atoms with van der Waals surface area (Å²) in [6.45, 7) is 0. The number of hydrogen-bond donors (Lipinski definition) is 0. The molecular formula is C38H25F9O5S2. The third-order valence-corrected chi connectivity index (χ3v) is 13.6. The molecule has 0 aliphatic carbocycles. The molecule has 0 atom stereocenters. The van der Waals surface area contributed by atoms with Crippen LogP contribution in [-0.2, 0) is 25.0 Å². The van der Waals surface area contributed by atoms with Crippen LogP contribution in [0.15, 0.2) is 154 Å². The molecule has 0 aliphatic heterocycles. The van der Waals surface area contributed by atoms with E-state index in [9.17, 15) is 43.9 Å². The van der Waals surface area contributed by atoms with Crippen LogP contribution in [0.4, 0.5) is 39.5 Å². The van der Waals surface area contributed by atoms with E-state index in [0.717, 1.165) is 45.8 Å². The van der Waals surface area contributed by atoms with Crippen molar-refractivity contribution >= 4 is 47.9 Å². The number of rotatable bonds is 11. The molecule has 0 spiro atoms. The molecule has 0 radical (unpaired) electrons. The van der Waals surface area contributed by atoms with E-state index in [1.807, 2.05) is 48.5 Å². The standard InChI is InChI=1S/C38H25F9O5S2/c39-35(40,37(43,44)45)36(41,42)38(46,47)54(49,50)52-53(28-12-3-1-4-13-28,29-14-5-2-6-15-29)30-21-19-27(20-22-30)51-34(48)24-26-23-25-11-7-8-16-31(25)33-18-10-9-17-32(26)33/h1-23H,24H2. The fourth-order valence-electron chi connectivity index (χ4n) is 5.75. The van der Waals surface area contributed by atoms with Crippen LogP contribution in [0.1, 0.15) is 5.56 Å². The topological polar surface area (TPSA) is 69.7 Å². The lowest BCUT2D eigenvalue weighted by atomic mass is 9.96. The minimum atomic E-state index is -7.52. The molecule has 0 heterocycles. The van der Waals surface area contributed by atoms with Crippen molar-refractivity contribution in [3.05, 3.63) is 145 Å². The smallest absolute Gasteiger partial charge is 0.426 e. The van der Waals surface area contributed by atoms with Crippen molar-refractivity contribution in [2.45, 2.75) is 44.4 Å². The summed E-state index contributed by atoms with van der Waals surface area (Å²) in [7, 11) is -11.6. The van der Waals surface area contributed by atoms with Gasteiger partial charge in [-0.05, 0) is 92.0 Å². The molecule has 6 rings (SSSR count). The molecule has 0 saturated carbocycles. The first-order valence-corrected chi connectivity index (χ1v) is 18.6. The van der Waals surface area contributed by atoms with Gasteiger partial charge in [-0.3, -0.25) is 4.79 Å². The molecule has 5 nitrogen and oxygen atoms in total. The number of benzene rings is 6. The van der Waals surface area contributed by atoms with Gasteiger partial charge in [-0.1, -0.05) is 84.9 Å². The lowest BCUT2D eigenvalue weighted by molar-refractivity contribution is -0.382. The van der Waals surface area contributed by atoms with Gasteiger partial charge in [-0.2, -0.15) is 47.9 Å². The zero-order chi connectivity index (χ0) is 39.2. The lowest BCUT2D eigenvalue weighted by Gasteiger charge is -2.41. The Balaban J connectivity index is 1.40. The normalized spacial score (nSPS) is 13.6. The molecule has 0 aliphatic rings. The summed E-state index contributed by atoms with van der Waals surface area (Å²) in [6, 6.07) is 33.9. The molecule has 0 unspecified atom stereocenters. The van der Waals surface area contributed by atoms with Gasteiger partial charge in [0.1, 0.15) is 5.75 Å². The highest BCUT2D eigenvalue weighted by molar-refractivity contribution is 8.33. The average Bonchev–Trinajstić information content (AvgIpc) is 3.14. The van der Waals surface area contributed by atoms with Crippen LogP contribution in [-0.4, -0.2) is 37.7 Å². The summed E-state index contributed by atoms with van der Waals surface area (Å²) < 4.78 is 163. The van der Waals surface area contributed by atoms with Crippen molar-refractivity contribution in [2.24, 2.45) is 0 Å². The Labute approximate surface area is 303 Å². The fourth-order valence-corrected chi connectivity index (χ4v) is 11.0. The summed E-state index contributed by atoms with van der Waals surface area (Å²) in [5.41, 5.74) is 0.634. The van der Waals surface area contributed by atoms with Gasteiger partial charge in [0, 0.05) is 14.7 Å². The fraction of sp³-hybridized carbons (Fsp3) is 0.132. The van der Waals surface area contributed by atoms with Gasteiger partial charge >= 0.3 is 39.4 Å². The van der Waals surface area contributed by atoms with E-state index in [4.69, 9.17) is 8.37 Å². The molecule has 0 saturated heterocycles. The Kier molecular flexibility index (Phi) is 10.0. The number of ether oxygens (including phenoxy) is 1. The largest absolute Gasteiger partial charge is 0.460 e. The lowest BCUT2D eigenvalue weighted by Crippen LogP contribution is -2.63. The second-order valence-electron chi connectivity index (χ2n) is 11.8. The maximum atomic E-state index is 15.2. The first-order valence-electron chi connectivity index (χ1n) is 15.6. The third kappa shape index (κ3) is 6.55. The molecule has 0 N–H and O–H groups in total. The third-order valence-electron chi connectivity index (χ3n) is 8.35. The quantitative estimate of drug-likeness (QED) is 0.0565. The summed E-state index contributed by atoms with van der Waals surface area (Å²) in [5.74, 6) is -15.9. The van der Waals surface area contributed by atoms with Gasteiger partial charge in [0.05, 0.1) is 6.42 Å². The van der Waals surface area contributed by atoms with Crippen LogP contribution >= 0.6 is 10.3 Å². The van der Waals surface area contributed by atoms with Crippen molar-refractivity contribution in [3.63, 3.8) is 0 Å². The zero-order valence-electron chi connectivity index (χ0n) is 27.2. The number of carbonyl (C=O) groups is 1. The number of carbonyl (C=O) groups excluding carboxylic acids is 1. The second kappa shape index (κ2) is 14.0. The molecule has 0 bridgehead atoms. The molecule has 282 valence electrons. The van der Waals surface area contributed by atoms with E-state index in [1.165, 1.54) is 60.7 Å². The molecule has 0 aromatic heterocycles. The molecular weight excluding hydrogens is 772 g/mol. The predicted octanol–water partition coefficient (Wildman–Crippen LogP) is 11.1. The molecule has 0 fully saturated rings. The van der Waals surface area contributed by atoms with Gasteiger partial charge in [-0.15, -0.1) is 0 Å². The highest BCUT2D eigenvalue weighted by Gasteiger charge is 2.86. The average molecular weight is 797 g/mol. The molecule has 6 aromatic rings. The molecule has 16 heteroatoms. The Bertz CT molecular complexity index is 2380.